The van der Waals surface area contributed by atoms with Crippen molar-refractivity contribution in [1.82, 2.24) is 14.8 Å². The summed E-state index contributed by atoms with van der Waals surface area (Å²) in [5.41, 5.74) is 8.59. The fraction of sp³-hybridized carbons (Fsp3) is 0.190. The molecule has 31 heavy (non-hydrogen) atoms. The molecule has 1 amide bonds. The normalized spacial score (nSPS) is 16.8. The number of thioether (sulfide) groups is 1. The van der Waals surface area contributed by atoms with Crippen LogP contribution in [0.2, 0.25) is 5.02 Å². The molecule has 10 heteroatoms. The molecule has 5 rings (SSSR count). The van der Waals surface area contributed by atoms with Crippen LogP contribution in [0.4, 0.5) is 5.95 Å². The number of benzene rings is 2. The summed E-state index contributed by atoms with van der Waals surface area (Å²) in [7, 11) is 0. The third-order valence-electron chi connectivity index (χ3n) is 5.13. The lowest BCUT2D eigenvalue weighted by Gasteiger charge is -2.27. The van der Waals surface area contributed by atoms with Crippen LogP contribution in [0.25, 0.3) is 0 Å². The Balaban J connectivity index is 1.51. The van der Waals surface area contributed by atoms with Gasteiger partial charge in [0.25, 0.3) is 0 Å². The monoisotopic (exact) mass is 455 g/mol. The molecule has 0 saturated heterocycles. The number of carbonyl (C=O) groups excluding carboxylic acids is 1. The van der Waals surface area contributed by atoms with Gasteiger partial charge in [0.05, 0.1) is 5.57 Å². The van der Waals surface area contributed by atoms with Crippen LogP contribution in [0.3, 0.4) is 0 Å². The largest absolute Gasteiger partial charge is 0.454 e. The van der Waals surface area contributed by atoms with Crippen LogP contribution in [-0.2, 0) is 10.5 Å². The molecule has 0 spiro atoms. The molecule has 2 aliphatic heterocycles. The predicted octanol–water partition coefficient (Wildman–Crippen LogP) is 3.73. The summed E-state index contributed by atoms with van der Waals surface area (Å²) in [6, 6.07) is 12.7. The lowest BCUT2D eigenvalue weighted by Crippen LogP contribution is -2.31. The van der Waals surface area contributed by atoms with Crippen molar-refractivity contribution in [2.24, 2.45) is 5.73 Å². The van der Waals surface area contributed by atoms with E-state index in [0.717, 1.165) is 11.1 Å². The van der Waals surface area contributed by atoms with E-state index in [1.54, 1.807) is 11.6 Å². The number of primary amides is 1. The van der Waals surface area contributed by atoms with Gasteiger partial charge in [-0.25, -0.2) is 4.68 Å². The summed E-state index contributed by atoms with van der Waals surface area (Å²) < 4.78 is 12.6. The molecule has 0 fully saturated rings. The second kappa shape index (κ2) is 7.82. The highest BCUT2D eigenvalue weighted by Crippen LogP contribution is 2.40. The second-order valence-corrected chi connectivity index (χ2v) is 8.44. The van der Waals surface area contributed by atoms with Crippen LogP contribution in [-0.4, -0.2) is 27.5 Å². The minimum Gasteiger partial charge on any atom is -0.454 e. The van der Waals surface area contributed by atoms with E-state index < -0.39 is 11.9 Å². The average Bonchev–Trinajstić information content (AvgIpc) is 3.37. The lowest BCUT2D eigenvalue weighted by molar-refractivity contribution is -0.115. The average molecular weight is 456 g/mol. The van der Waals surface area contributed by atoms with E-state index in [1.165, 1.54) is 11.8 Å². The summed E-state index contributed by atoms with van der Waals surface area (Å²) in [6.45, 7) is 1.97. The fourth-order valence-corrected chi connectivity index (χ4v) is 4.78. The zero-order valence-electron chi connectivity index (χ0n) is 16.5. The molecule has 3 aromatic rings. The molecular formula is C21H18ClN5O3S. The Morgan fingerprint density at radius 1 is 1.29 bits per heavy atom. The van der Waals surface area contributed by atoms with E-state index in [-0.39, 0.29) is 6.79 Å². The number of anilines is 1. The first-order chi connectivity index (χ1) is 15.0. The van der Waals surface area contributed by atoms with Gasteiger partial charge in [0.2, 0.25) is 23.8 Å². The minimum atomic E-state index is -0.537. The number of hydrogen-bond acceptors (Lipinski definition) is 7. The third-order valence-corrected chi connectivity index (χ3v) is 6.38. The number of aromatic nitrogens is 3. The van der Waals surface area contributed by atoms with Crippen LogP contribution in [0, 0.1) is 0 Å². The molecule has 0 bridgehead atoms. The molecule has 1 aromatic heterocycles. The number of amides is 1. The first-order valence-corrected chi connectivity index (χ1v) is 10.9. The highest BCUT2D eigenvalue weighted by atomic mass is 35.5. The van der Waals surface area contributed by atoms with Crippen molar-refractivity contribution in [1.29, 1.82) is 0 Å². The number of ether oxygens (including phenoxy) is 2. The summed E-state index contributed by atoms with van der Waals surface area (Å²) in [4.78, 5) is 16.9. The van der Waals surface area contributed by atoms with E-state index in [0.29, 0.717) is 44.6 Å². The van der Waals surface area contributed by atoms with E-state index in [1.807, 2.05) is 42.5 Å². The summed E-state index contributed by atoms with van der Waals surface area (Å²) in [5, 5.41) is 9.07. The Morgan fingerprint density at radius 2 is 2.10 bits per heavy atom. The van der Waals surface area contributed by atoms with Crippen molar-refractivity contribution in [3.05, 3.63) is 69.9 Å². The van der Waals surface area contributed by atoms with Crippen LogP contribution in [0.5, 0.6) is 11.5 Å². The molecule has 0 aliphatic carbocycles. The molecule has 3 N–H and O–H groups in total. The first kappa shape index (κ1) is 19.8. The third kappa shape index (κ3) is 3.60. The highest BCUT2D eigenvalue weighted by molar-refractivity contribution is 7.98. The maximum absolute atomic E-state index is 12.3. The van der Waals surface area contributed by atoms with E-state index >= 15 is 0 Å². The van der Waals surface area contributed by atoms with Gasteiger partial charge in [-0.2, -0.15) is 4.98 Å². The summed E-state index contributed by atoms with van der Waals surface area (Å²) in [6.07, 6.45) is 0. The number of nitrogens with two attached hydrogens (primary N) is 1. The zero-order chi connectivity index (χ0) is 21.5. The molecule has 158 valence electrons. The lowest BCUT2D eigenvalue weighted by atomic mass is 9.95. The Hall–Kier alpha value is -3.17. The molecular weight excluding hydrogens is 438 g/mol. The van der Waals surface area contributed by atoms with Gasteiger partial charge >= 0.3 is 0 Å². The zero-order valence-corrected chi connectivity index (χ0v) is 18.0. The second-order valence-electron chi connectivity index (χ2n) is 7.09. The minimum absolute atomic E-state index is 0.167. The Morgan fingerprint density at radius 3 is 2.90 bits per heavy atom. The van der Waals surface area contributed by atoms with Crippen LogP contribution < -0.4 is 20.5 Å². The number of halogens is 1. The van der Waals surface area contributed by atoms with Gasteiger partial charge in [0.1, 0.15) is 6.04 Å². The summed E-state index contributed by atoms with van der Waals surface area (Å²) in [5.74, 6) is 1.90. The van der Waals surface area contributed by atoms with E-state index in [4.69, 9.17) is 26.8 Å². The maximum atomic E-state index is 12.3. The van der Waals surface area contributed by atoms with Crippen LogP contribution in [0.1, 0.15) is 24.1 Å². The fourth-order valence-electron chi connectivity index (χ4n) is 3.66. The smallest absolute Gasteiger partial charge is 0.248 e. The van der Waals surface area contributed by atoms with Gasteiger partial charge in [-0.05, 0) is 36.2 Å². The quantitative estimate of drug-likeness (QED) is 0.565. The van der Waals surface area contributed by atoms with Gasteiger partial charge in [-0.3, -0.25) is 4.79 Å². The molecule has 8 nitrogen and oxygen atoms in total. The molecule has 2 aliphatic rings. The van der Waals surface area contributed by atoms with Gasteiger partial charge in [0.15, 0.2) is 11.5 Å². The number of nitrogens with zero attached hydrogens (tertiary/aromatic N) is 3. The molecule has 3 heterocycles. The highest BCUT2D eigenvalue weighted by Gasteiger charge is 2.34. The van der Waals surface area contributed by atoms with Crippen LogP contribution in [0.15, 0.2) is 58.9 Å². The van der Waals surface area contributed by atoms with E-state index in [2.05, 4.69) is 15.4 Å². The Labute approximate surface area is 187 Å². The Bertz CT molecular complexity index is 1230. The number of nitrogens with one attached hydrogen (secondary N) is 1. The molecule has 0 radical (unpaired) electrons. The molecule has 1 unspecified atom stereocenters. The van der Waals surface area contributed by atoms with Crippen molar-refractivity contribution in [3.8, 4) is 11.5 Å². The van der Waals surface area contributed by atoms with Crippen molar-refractivity contribution in [2.45, 2.75) is 23.9 Å². The number of rotatable bonds is 5. The molecule has 0 saturated carbocycles. The topological polar surface area (TPSA) is 104 Å². The first-order valence-electron chi connectivity index (χ1n) is 9.51. The van der Waals surface area contributed by atoms with Gasteiger partial charge in [0, 0.05) is 16.5 Å². The van der Waals surface area contributed by atoms with Crippen LogP contribution >= 0.6 is 23.4 Å². The number of allylic oxidation sites excluding steroid dienone is 1. The van der Waals surface area contributed by atoms with Gasteiger partial charge in [-0.1, -0.05) is 47.6 Å². The number of carbonyl (C=O) groups is 1. The number of fused-ring (bicyclic) bond motifs is 2. The number of hydrogen-bond donors (Lipinski definition) is 2. The molecule has 2 aromatic carbocycles. The van der Waals surface area contributed by atoms with Crippen molar-refractivity contribution < 1.29 is 14.3 Å². The van der Waals surface area contributed by atoms with E-state index in [9.17, 15) is 4.79 Å². The summed E-state index contributed by atoms with van der Waals surface area (Å²) >= 11 is 7.72. The maximum Gasteiger partial charge on any atom is 0.248 e. The standard InChI is InChI=1S/C21H18ClN5O3S/c1-11-17(19(23)28)18(12-6-7-15-16(8-12)30-10-29-15)27-20(24-11)25-21(26-27)31-9-13-4-2-3-5-14(13)22/h2-8,18H,9-10H2,1H3,(H2,23,28)(H,24,25,26). The van der Waals surface area contributed by atoms with Crippen molar-refractivity contribution >= 4 is 35.2 Å². The Kier molecular flexibility index (Phi) is 4.99. The SMILES string of the molecule is CC1=C(C(N)=O)C(c2ccc3c(c2)OCO3)n2nc(SCc3ccccc3Cl)nc2N1. The molecule has 1 atom stereocenters. The van der Waals surface area contributed by atoms with Gasteiger partial charge < -0.3 is 20.5 Å². The van der Waals surface area contributed by atoms with Crippen molar-refractivity contribution in [3.63, 3.8) is 0 Å². The van der Waals surface area contributed by atoms with Gasteiger partial charge in [-0.15, -0.1) is 5.10 Å². The van der Waals surface area contributed by atoms with Crippen molar-refractivity contribution in [2.75, 3.05) is 12.1 Å². The predicted molar refractivity (Wildman–Crippen MR) is 117 cm³/mol.